The van der Waals surface area contributed by atoms with Crippen molar-refractivity contribution in [1.29, 1.82) is 0 Å². The Kier molecular flexibility index (Phi) is 7.93. The number of nitrogens with one attached hydrogen (secondary N) is 1. The molecule has 3 rings (SSSR count). The molecule has 2 saturated heterocycles. The molecule has 8 heteroatoms. The molecule has 0 radical (unpaired) electrons. The van der Waals surface area contributed by atoms with E-state index in [1.54, 1.807) is 7.11 Å². The van der Waals surface area contributed by atoms with Crippen LogP contribution in [0.1, 0.15) is 13.8 Å². The van der Waals surface area contributed by atoms with Gasteiger partial charge in [-0.05, 0) is 26.0 Å². The molecule has 0 atom stereocenters. The summed E-state index contributed by atoms with van der Waals surface area (Å²) in [5.41, 5.74) is 1.11. The van der Waals surface area contributed by atoms with Crippen LogP contribution in [-0.2, 0) is 9.59 Å². The quantitative estimate of drug-likeness (QED) is 0.696. The number of carbonyl (C=O) groups is 2. The third-order valence-electron chi connectivity index (χ3n) is 5.70. The minimum Gasteiger partial charge on any atom is -0.495 e. The largest absolute Gasteiger partial charge is 0.495 e. The van der Waals surface area contributed by atoms with E-state index < -0.39 is 0 Å². The molecule has 166 valence electrons. The minimum absolute atomic E-state index is 0.0534. The van der Waals surface area contributed by atoms with Crippen LogP contribution in [-0.4, -0.2) is 105 Å². The summed E-state index contributed by atoms with van der Waals surface area (Å²) in [4.78, 5) is 33.3. The number of hydrogen-bond donors (Lipinski definition) is 1. The summed E-state index contributed by atoms with van der Waals surface area (Å²) < 4.78 is 5.48. The highest BCUT2D eigenvalue weighted by Crippen LogP contribution is 2.28. The van der Waals surface area contributed by atoms with Crippen molar-refractivity contribution in [2.24, 2.45) is 0 Å². The zero-order valence-electron chi connectivity index (χ0n) is 18.5. The molecular weight excluding hydrogens is 382 g/mol. The number of para-hydroxylation sites is 2. The Labute approximate surface area is 179 Å². The molecule has 1 N–H and O–H groups in total. The van der Waals surface area contributed by atoms with Crippen LogP contribution in [0.5, 0.6) is 5.75 Å². The van der Waals surface area contributed by atoms with Crippen molar-refractivity contribution < 1.29 is 14.3 Å². The van der Waals surface area contributed by atoms with E-state index in [0.717, 1.165) is 50.7 Å². The first kappa shape index (κ1) is 22.4. The van der Waals surface area contributed by atoms with Crippen molar-refractivity contribution in [2.75, 3.05) is 77.5 Å². The molecule has 8 nitrogen and oxygen atoms in total. The van der Waals surface area contributed by atoms with Crippen molar-refractivity contribution in [2.45, 2.75) is 19.9 Å². The summed E-state index contributed by atoms with van der Waals surface area (Å²) in [5.74, 6) is 1.13. The van der Waals surface area contributed by atoms with Crippen molar-refractivity contribution in [3.63, 3.8) is 0 Å². The lowest BCUT2D eigenvalue weighted by atomic mass is 10.2. The molecule has 0 spiro atoms. The predicted octanol–water partition coefficient (Wildman–Crippen LogP) is 0.486. The van der Waals surface area contributed by atoms with Gasteiger partial charge in [-0.15, -0.1) is 0 Å². The first-order valence-corrected chi connectivity index (χ1v) is 10.9. The third-order valence-corrected chi connectivity index (χ3v) is 5.70. The number of benzene rings is 1. The average Bonchev–Trinajstić information content (AvgIpc) is 2.74. The summed E-state index contributed by atoms with van der Waals surface area (Å²) >= 11 is 0. The van der Waals surface area contributed by atoms with Gasteiger partial charge in [0.25, 0.3) is 0 Å². The fourth-order valence-electron chi connectivity index (χ4n) is 4.06. The van der Waals surface area contributed by atoms with E-state index in [4.69, 9.17) is 4.74 Å². The molecule has 0 unspecified atom stereocenters. The first-order chi connectivity index (χ1) is 14.5. The first-order valence-electron chi connectivity index (χ1n) is 10.9. The molecule has 30 heavy (non-hydrogen) atoms. The highest BCUT2D eigenvalue weighted by Gasteiger charge is 2.26. The van der Waals surface area contributed by atoms with Gasteiger partial charge in [0.2, 0.25) is 11.8 Å². The lowest BCUT2D eigenvalue weighted by molar-refractivity contribution is -0.134. The summed E-state index contributed by atoms with van der Waals surface area (Å²) in [5, 5.41) is 2.92. The van der Waals surface area contributed by atoms with E-state index in [2.05, 4.69) is 26.1 Å². The standard InChI is InChI=1S/C22H35N5O3/c1-18(2)23-21(28)16-24-10-14-27(15-11-24)22(29)17-25-8-12-26(13-9-25)19-6-4-5-7-20(19)30-3/h4-7,18H,8-17H2,1-3H3,(H,23,28). The third kappa shape index (κ3) is 6.09. The molecule has 2 fully saturated rings. The van der Waals surface area contributed by atoms with Crippen molar-refractivity contribution in [3.8, 4) is 5.75 Å². The smallest absolute Gasteiger partial charge is 0.236 e. The number of rotatable bonds is 7. The second-order valence-electron chi connectivity index (χ2n) is 8.31. The second kappa shape index (κ2) is 10.6. The number of piperazine rings is 2. The van der Waals surface area contributed by atoms with Gasteiger partial charge >= 0.3 is 0 Å². The molecule has 0 aliphatic carbocycles. The van der Waals surface area contributed by atoms with Crippen LogP contribution in [0.2, 0.25) is 0 Å². The van der Waals surface area contributed by atoms with Gasteiger partial charge in [-0.1, -0.05) is 12.1 Å². The zero-order chi connectivity index (χ0) is 21.5. The van der Waals surface area contributed by atoms with Gasteiger partial charge < -0.3 is 19.9 Å². The number of ether oxygens (including phenoxy) is 1. The topological polar surface area (TPSA) is 68.4 Å². The molecule has 1 aromatic carbocycles. The maximum atomic E-state index is 12.7. The van der Waals surface area contributed by atoms with Crippen molar-refractivity contribution in [3.05, 3.63) is 24.3 Å². The monoisotopic (exact) mass is 417 g/mol. The molecular formula is C22H35N5O3. The van der Waals surface area contributed by atoms with E-state index >= 15 is 0 Å². The molecule has 0 bridgehead atoms. The molecule has 2 aliphatic heterocycles. The Hall–Kier alpha value is -2.32. The van der Waals surface area contributed by atoms with E-state index in [-0.39, 0.29) is 17.9 Å². The van der Waals surface area contributed by atoms with Gasteiger partial charge in [-0.2, -0.15) is 0 Å². The van der Waals surface area contributed by atoms with Gasteiger partial charge in [0.05, 0.1) is 25.9 Å². The van der Waals surface area contributed by atoms with Gasteiger partial charge in [0, 0.05) is 58.4 Å². The Balaban J connectivity index is 1.40. The highest BCUT2D eigenvalue weighted by molar-refractivity contribution is 5.79. The Morgan fingerprint density at radius 2 is 1.53 bits per heavy atom. The number of methoxy groups -OCH3 is 1. The van der Waals surface area contributed by atoms with Crippen LogP contribution < -0.4 is 15.0 Å². The fourth-order valence-corrected chi connectivity index (χ4v) is 4.06. The van der Waals surface area contributed by atoms with Gasteiger partial charge in [0.15, 0.2) is 0 Å². The second-order valence-corrected chi connectivity index (χ2v) is 8.31. The lowest BCUT2D eigenvalue weighted by Crippen LogP contribution is -2.55. The fraction of sp³-hybridized carbons (Fsp3) is 0.636. The van der Waals surface area contributed by atoms with Crippen LogP contribution in [0.3, 0.4) is 0 Å². The van der Waals surface area contributed by atoms with Crippen LogP contribution in [0.4, 0.5) is 5.69 Å². The van der Waals surface area contributed by atoms with Gasteiger partial charge in [-0.25, -0.2) is 0 Å². The maximum absolute atomic E-state index is 12.7. The van der Waals surface area contributed by atoms with E-state index in [1.807, 2.05) is 36.9 Å². The van der Waals surface area contributed by atoms with Crippen LogP contribution in [0.15, 0.2) is 24.3 Å². The number of anilines is 1. The molecule has 2 heterocycles. The van der Waals surface area contributed by atoms with E-state index in [9.17, 15) is 9.59 Å². The molecule has 0 saturated carbocycles. The average molecular weight is 418 g/mol. The number of hydrogen-bond acceptors (Lipinski definition) is 6. The Bertz CT molecular complexity index is 710. The van der Waals surface area contributed by atoms with Gasteiger partial charge in [-0.3, -0.25) is 19.4 Å². The zero-order valence-corrected chi connectivity index (χ0v) is 18.5. The number of amides is 2. The molecule has 0 aromatic heterocycles. The van der Waals surface area contributed by atoms with Crippen molar-refractivity contribution in [1.82, 2.24) is 20.0 Å². The van der Waals surface area contributed by atoms with Crippen molar-refractivity contribution >= 4 is 17.5 Å². The van der Waals surface area contributed by atoms with E-state index in [1.165, 1.54) is 0 Å². The highest BCUT2D eigenvalue weighted by atomic mass is 16.5. The Morgan fingerprint density at radius 1 is 0.933 bits per heavy atom. The molecule has 2 amide bonds. The maximum Gasteiger partial charge on any atom is 0.236 e. The summed E-state index contributed by atoms with van der Waals surface area (Å²) in [6.45, 7) is 11.2. The molecule has 2 aliphatic rings. The Morgan fingerprint density at radius 3 is 2.17 bits per heavy atom. The van der Waals surface area contributed by atoms with Crippen LogP contribution >= 0.6 is 0 Å². The summed E-state index contributed by atoms with van der Waals surface area (Å²) in [6, 6.07) is 8.23. The minimum atomic E-state index is 0.0534. The summed E-state index contributed by atoms with van der Waals surface area (Å²) in [7, 11) is 1.70. The van der Waals surface area contributed by atoms with E-state index in [0.29, 0.717) is 26.2 Å². The summed E-state index contributed by atoms with van der Waals surface area (Å²) in [6.07, 6.45) is 0. The SMILES string of the molecule is COc1ccccc1N1CCN(CC(=O)N2CCN(CC(=O)NC(C)C)CC2)CC1. The van der Waals surface area contributed by atoms with Crippen LogP contribution in [0.25, 0.3) is 0 Å². The lowest BCUT2D eigenvalue weighted by Gasteiger charge is -2.38. The van der Waals surface area contributed by atoms with Crippen LogP contribution in [0, 0.1) is 0 Å². The number of carbonyl (C=O) groups excluding carboxylic acids is 2. The predicted molar refractivity (Wildman–Crippen MR) is 118 cm³/mol. The number of nitrogens with zero attached hydrogens (tertiary/aromatic N) is 4. The van der Waals surface area contributed by atoms with Gasteiger partial charge in [0.1, 0.15) is 5.75 Å². The molecule has 1 aromatic rings. The normalized spacial score (nSPS) is 18.5.